The molecule has 0 aromatic rings. The Morgan fingerprint density at radius 1 is 1.44 bits per heavy atom. The van der Waals surface area contributed by atoms with E-state index < -0.39 is 17.2 Å². The summed E-state index contributed by atoms with van der Waals surface area (Å²) < 4.78 is 0. The molecular formula is C9H17N3O3S. The predicted molar refractivity (Wildman–Crippen MR) is 63.3 cm³/mol. The van der Waals surface area contributed by atoms with Crippen molar-refractivity contribution in [3.8, 4) is 0 Å². The van der Waals surface area contributed by atoms with Crippen molar-refractivity contribution in [2.75, 3.05) is 20.1 Å². The van der Waals surface area contributed by atoms with Crippen molar-refractivity contribution >= 4 is 29.6 Å². The summed E-state index contributed by atoms with van der Waals surface area (Å²) in [6.45, 7) is 1.97. The molecule has 3 N–H and O–H groups in total. The number of thiol groups is 1. The van der Waals surface area contributed by atoms with Crippen LogP contribution in [-0.2, 0) is 9.59 Å². The molecule has 0 bridgehead atoms. The van der Waals surface area contributed by atoms with Crippen LogP contribution in [0.2, 0.25) is 0 Å². The number of nitrogens with two attached hydrogens (primary N) is 1. The molecule has 7 heteroatoms. The molecule has 0 aliphatic heterocycles. The first-order valence-corrected chi connectivity index (χ1v) is 5.27. The van der Waals surface area contributed by atoms with Crippen molar-refractivity contribution in [1.29, 1.82) is 0 Å². The van der Waals surface area contributed by atoms with Crippen molar-refractivity contribution in [2.24, 2.45) is 5.73 Å². The monoisotopic (exact) mass is 247 g/mol. The van der Waals surface area contributed by atoms with Crippen molar-refractivity contribution in [3.63, 3.8) is 0 Å². The molecule has 0 radical (unpaired) electrons. The summed E-state index contributed by atoms with van der Waals surface area (Å²) in [6, 6.07) is -0.825. The van der Waals surface area contributed by atoms with Gasteiger partial charge >= 0.3 is 0 Å². The van der Waals surface area contributed by atoms with E-state index in [-0.39, 0.29) is 12.2 Å². The molecule has 0 heterocycles. The van der Waals surface area contributed by atoms with Gasteiger partial charge in [-0.2, -0.15) is 0 Å². The normalized spacial score (nSPS) is 11.8. The number of hydrogen-bond acceptors (Lipinski definition) is 4. The Morgan fingerprint density at radius 3 is 2.38 bits per heavy atom. The van der Waals surface area contributed by atoms with E-state index >= 15 is 0 Å². The summed E-state index contributed by atoms with van der Waals surface area (Å²) in [7, 11) is 1.42. The minimum Gasteiger partial charge on any atom is -0.353 e. The van der Waals surface area contributed by atoms with E-state index in [1.165, 1.54) is 14.0 Å². The van der Waals surface area contributed by atoms with E-state index in [4.69, 9.17) is 5.73 Å². The zero-order chi connectivity index (χ0) is 12.7. The first kappa shape index (κ1) is 14.9. The molecule has 6 nitrogen and oxygen atoms in total. The molecule has 0 rings (SSSR count). The molecule has 16 heavy (non-hydrogen) atoms. The summed E-state index contributed by atoms with van der Waals surface area (Å²) >= 11 is 3.61. The largest absolute Gasteiger partial charge is 0.353 e. The van der Waals surface area contributed by atoms with Crippen LogP contribution in [0.15, 0.2) is 0 Å². The summed E-state index contributed by atoms with van der Waals surface area (Å²) in [5.41, 5.74) is 5.24. The fourth-order valence-corrected chi connectivity index (χ4v) is 1.26. The lowest BCUT2D eigenvalue weighted by atomic mass is 10.1. The highest BCUT2D eigenvalue weighted by Crippen LogP contribution is 2.06. The third-order valence-electron chi connectivity index (χ3n) is 2.00. The van der Waals surface area contributed by atoms with Gasteiger partial charge in [0, 0.05) is 26.6 Å². The highest BCUT2D eigenvalue weighted by molar-refractivity contribution is 7.96. The third-order valence-corrected chi connectivity index (χ3v) is 2.31. The van der Waals surface area contributed by atoms with Gasteiger partial charge in [-0.15, -0.1) is 0 Å². The van der Waals surface area contributed by atoms with Crippen LogP contribution in [0.4, 0.5) is 4.79 Å². The van der Waals surface area contributed by atoms with Crippen molar-refractivity contribution in [1.82, 2.24) is 10.2 Å². The van der Waals surface area contributed by atoms with Crippen molar-refractivity contribution in [3.05, 3.63) is 0 Å². The quantitative estimate of drug-likeness (QED) is 0.546. The Labute approximate surface area is 99.9 Å². The second-order valence-electron chi connectivity index (χ2n) is 3.40. The molecule has 0 aromatic carbocycles. The molecule has 0 saturated heterocycles. The Kier molecular flexibility index (Phi) is 6.75. The van der Waals surface area contributed by atoms with Gasteiger partial charge in [-0.1, -0.05) is 12.6 Å². The van der Waals surface area contributed by atoms with E-state index in [9.17, 15) is 14.4 Å². The second kappa shape index (κ2) is 7.24. The number of carbonyl (C=O) groups is 3. The van der Waals surface area contributed by atoms with Crippen LogP contribution < -0.4 is 11.1 Å². The first-order chi connectivity index (χ1) is 7.40. The molecule has 2 amide bonds. The van der Waals surface area contributed by atoms with Crippen LogP contribution in [0.5, 0.6) is 0 Å². The molecule has 0 aliphatic carbocycles. The van der Waals surface area contributed by atoms with Crippen LogP contribution >= 0.6 is 12.6 Å². The summed E-state index contributed by atoms with van der Waals surface area (Å²) in [5.74, 6) is -0.570. The number of amides is 2. The lowest BCUT2D eigenvalue weighted by Crippen LogP contribution is -2.48. The lowest BCUT2D eigenvalue weighted by molar-refractivity contribution is -0.128. The smallest absolute Gasteiger partial charge is 0.278 e. The van der Waals surface area contributed by atoms with Gasteiger partial charge in [0.1, 0.15) is 11.8 Å². The van der Waals surface area contributed by atoms with Gasteiger partial charge in [0.2, 0.25) is 5.91 Å². The van der Waals surface area contributed by atoms with Crippen molar-refractivity contribution in [2.45, 2.75) is 19.4 Å². The van der Waals surface area contributed by atoms with E-state index in [2.05, 4.69) is 17.9 Å². The minimum absolute atomic E-state index is 0.0286. The number of nitrogens with zero attached hydrogens (tertiary/aromatic N) is 1. The Balaban J connectivity index is 4.58. The number of ketones is 1. The van der Waals surface area contributed by atoms with Gasteiger partial charge in [0.25, 0.3) is 5.24 Å². The first-order valence-electron chi connectivity index (χ1n) is 4.83. The fourth-order valence-electron chi connectivity index (χ4n) is 1.12. The van der Waals surface area contributed by atoms with Gasteiger partial charge in [-0.3, -0.25) is 14.4 Å². The third kappa shape index (κ3) is 5.13. The van der Waals surface area contributed by atoms with Gasteiger partial charge < -0.3 is 16.0 Å². The maximum absolute atomic E-state index is 11.6. The lowest BCUT2D eigenvalue weighted by Gasteiger charge is -2.24. The van der Waals surface area contributed by atoms with Crippen LogP contribution in [0.1, 0.15) is 13.3 Å². The van der Waals surface area contributed by atoms with E-state index in [0.29, 0.717) is 13.1 Å². The predicted octanol–water partition coefficient (Wildman–Crippen LogP) is -0.609. The van der Waals surface area contributed by atoms with Crippen LogP contribution in [0.25, 0.3) is 0 Å². The second-order valence-corrected chi connectivity index (χ2v) is 3.78. The van der Waals surface area contributed by atoms with Gasteiger partial charge in [-0.25, -0.2) is 0 Å². The summed E-state index contributed by atoms with van der Waals surface area (Å²) in [5, 5.41) is 1.97. The summed E-state index contributed by atoms with van der Waals surface area (Å²) in [4.78, 5) is 34.8. The number of rotatable bonds is 6. The molecule has 0 aliphatic rings. The number of likely N-dealkylation sites (N-methyl/N-ethyl adjacent to an activating group) is 1. The summed E-state index contributed by atoms with van der Waals surface area (Å²) in [6.07, 6.45) is -0.0286. The molecule has 1 unspecified atom stereocenters. The van der Waals surface area contributed by atoms with E-state index in [1.807, 2.05) is 0 Å². The van der Waals surface area contributed by atoms with Crippen LogP contribution in [0.3, 0.4) is 0 Å². The molecule has 0 aromatic heterocycles. The highest BCUT2D eigenvalue weighted by Gasteiger charge is 2.26. The molecule has 0 saturated carbocycles. The van der Waals surface area contributed by atoms with Gasteiger partial charge in [0.05, 0.1) is 0 Å². The van der Waals surface area contributed by atoms with E-state index in [1.54, 1.807) is 0 Å². The van der Waals surface area contributed by atoms with Crippen LogP contribution in [0, 0.1) is 0 Å². The Hall–Kier alpha value is -1.08. The maximum atomic E-state index is 11.6. The topological polar surface area (TPSA) is 92.5 Å². The molecule has 0 fully saturated rings. The van der Waals surface area contributed by atoms with Crippen molar-refractivity contribution < 1.29 is 14.4 Å². The van der Waals surface area contributed by atoms with E-state index in [0.717, 1.165) is 4.90 Å². The molecular weight excluding hydrogens is 230 g/mol. The molecule has 1 atom stereocenters. The average Bonchev–Trinajstić information content (AvgIpc) is 2.21. The zero-order valence-electron chi connectivity index (χ0n) is 9.40. The number of Topliss-reactive ketones (excluding diaryl/α,β-unsaturated/α-hetero) is 1. The van der Waals surface area contributed by atoms with Gasteiger partial charge in [0.15, 0.2) is 0 Å². The standard InChI is InChI=1S/C9H17N3O3S/c1-6(13)5-7(12(2)9(15)16)8(14)11-4-3-10/h7H,3-5,10H2,1-2H3,(H,11,14)(H,15,16). The molecule has 92 valence electrons. The van der Waals surface area contributed by atoms with Crippen LogP contribution in [-0.4, -0.2) is 48.0 Å². The number of hydrogen-bond donors (Lipinski definition) is 3. The SMILES string of the molecule is CC(=O)CC(C(=O)NCCN)N(C)C(=O)S. The molecule has 0 spiro atoms. The Bertz CT molecular complexity index is 283. The zero-order valence-corrected chi connectivity index (χ0v) is 10.3. The average molecular weight is 247 g/mol. The number of carbonyl (C=O) groups excluding carboxylic acids is 3. The number of nitrogens with one attached hydrogen (secondary N) is 1. The minimum atomic E-state index is -0.825. The van der Waals surface area contributed by atoms with Gasteiger partial charge in [-0.05, 0) is 6.92 Å². The fraction of sp³-hybridized carbons (Fsp3) is 0.667. The maximum Gasteiger partial charge on any atom is 0.278 e. The Morgan fingerprint density at radius 2 is 2.00 bits per heavy atom. The highest BCUT2D eigenvalue weighted by atomic mass is 32.1.